The summed E-state index contributed by atoms with van der Waals surface area (Å²) in [6.45, 7) is 3.26. The van der Waals surface area contributed by atoms with E-state index in [0.29, 0.717) is 6.54 Å². The van der Waals surface area contributed by atoms with Crippen molar-refractivity contribution in [2.45, 2.75) is 13.5 Å². The van der Waals surface area contributed by atoms with Crippen molar-refractivity contribution < 1.29 is 4.79 Å². The van der Waals surface area contributed by atoms with Gasteiger partial charge in [-0.15, -0.1) is 0 Å². The number of pyridine rings is 1. The van der Waals surface area contributed by atoms with Gasteiger partial charge >= 0.3 is 0 Å². The molecule has 0 fully saturated rings. The maximum Gasteiger partial charge on any atom is 0.210 e. The van der Waals surface area contributed by atoms with Crippen LogP contribution in [0.4, 0.5) is 0 Å². The van der Waals surface area contributed by atoms with Gasteiger partial charge < -0.3 is 4.90 Å². The Morgan fingerprint density at radius 3 is 2.92 bits per heavy atom. The Bertz CT molecular complexity index is 236. The molecule has 0 radical (unpaired) electrons. The van der Waals surface area contributed by atoms with Crippen LogP contribution in [0.2, 0.25) is 0 Å². The first-order valence-corrected chi connectivity index (χ1v) is 3.96. The average Bonchev–Trinajstić information content (AvgIpc) is 2.16. The molecule has 0 bridgehead atoms. The Morgan fingerprint density at radius 1 is 1.58 bits per heavy atom. The predicted molar refractivity (Wildman–Crippen MR) is 46.4 cm³/mol. The van der Waals surface area contributed by atoms with E-state index in [1.165, 1.54) is 0 Å². The number of hydrogen-bond acceptors (Lipinski definition) is 2. The molecule has 12 heavy (non-hydrogen) atoms. The summed E-state index contributed by atoms with van der Waals surface area (Å²) in [5.74, 6) is 0. The lowest BCUT2D eigenvalue weighted by molar-refractivity contribution is -0.118. The SMILES string of the molecule is CCN(C=O)Cc1ccccn1. The van der Waals surface area contributed by atoms with Crippen molar-refractivity contribution in [2.75, 3.05) is 6.54 Å². The fourth-order valence-corrected chi connectivity index (χ4v) is 0.923. The minimum Gasteiger partial charge on any atom is -0.340 e. The molecular weight excluding hydrogens is 152 g/mol. The van der Waals surface area contributed by atoms with Crippen LogP contribution in [-0.2, 0) is 11.3 Å². The highest BCUT2D eigenvalue weighted by atomic mass is 16.1. The maximum atomic E-state index is 10.4. The zero-order valence-corrected chi connectivity index (χ0v) is 7.10. The van der Waals surface area contributed by atoms with Crippen molar-refractivity contribution in [3.8, 4) is 0 Å². The molecular formula is C9H12N2O. The molecule has 0 aliphatic rings. The van der Waals surface area contributed by atoms with Gasteiger partial charge in [-0.2, -0.15) is 0 Å². The van der Waals surface area contributed by atoms with E-state index in [4.69, 9.17) is 0 Å². The molecule has 1 aromatic heterocycles. The van der Waals surface area contributed by atoms with Crippen LogP contribution < -0.4 is 0 Å². The lowest BCUT2D eigenvalue weighted by Crippen LogP contribution is -2.20. The Kier molecular flexibility index (Phi) is 3.26. The zero-order valence-electron chi connectivity index (χ0n) is 7.10. The predicted octanol–water partition coefficient (Wildman–Crippen LogP) is 1.06. The molecule has 0 aromatic carbocycles. The molecule has 0 aliphatic carbocycles. The third-order valence-electron chi connectivity index (χ3n) is 1.65. The van der Waals surface area contributed by atoms with Crippen LogP contribution in [0.5, 0.6) is 0 Å². The number of hydrogen-bond donors (Lipinski definition) is 0. The second-order valence-corrected chi connectivity index (χ2v) is 2.49. The van der Waals surface area contributed by atoms with E-state index in [1.54, 1.807) is 11.1 Å². The molecule has 3 nitrogen and oxygen atoms in total. The largest absolute Gasteiger partial charge is 0.340 e. The molecule has 1 amide bonds. The minimum atomic E-state index is 0.598. The topological polar surface area (TPSA) is 33.2 Å². The van der Waals surface area contributed by atoms with Gasteiger partial charge in [0.05, 0.1) is 12.2 Å². The summed E-state index contributed by atoms with van der Waals surface area (Å²) in [5.41, 5.74) is 0.923. The number of aromatic nitrogens is 1. The second kappa shape index (κ2) is 4.49. The normalized spacial score (nSPS) is 9.42. The minimum absolute atomic E-state index is 0.598. The monoisotopic (exact) mass is 164 g/mol. The van der Waals surface area contributed by atoms with E-state index in [9.17, 15) is 4.79 Å². The van der Waals surface area contributed by atoms with E-state index in [2.05, 4.69) is 4.98 Å². The number of carbonyl (C=O) groups excluding carboxylic acids is 1. The molecule has 1 aromatic rings. The summed E-state index contributed by atoms with van der Waals surface area (Å²) in [5, 5.41) is 0. The summed E-state index contributed by atoms with van der Waals surface area (Å²) in [6.07, 6.45) is 2.57. The van der Waals surface area contributed by atoms with Crippen LogP contribution in [0.15, 0.2) is 24.4 Å². The van der Waals surface area contributed by atoms with Gasteiger partial charge in [0.1, 0.15) is 0 Å². The smallest absolute Gasteiger partial charge is 0.210 e. The molecule has 1 heterocycles. The van der Waals surface area contributed by atoms with E-state index in [0.717, 1.165) is 18.6 Å². The second-order valence-electron chi connectivity index (χ2n) is 2.49. The molecule has 0 aliphatic heterocycles. The van der Waals surface area contributed by atoms with E-state index < -0.39 is 0 Å². The third kappa shape index (κ3) is 2.34. The van der Waals surface area contributed by atoms with Crippen LogP contribution in [0.3, 0.4) is 0 Å². The van der Waals surface area contributed by atoms with Crippen LogP contribution in [0.25, 0.3) is 0 Å². The van der Waals surface area contributed by atoms with Crippen molar-refractivity contribution >= 4 is 6.41 Å². The third-order valence-corrected chi connectivity index (χ3v) is 1.65. The van der Waals surface area contributed by atoms with Gasteiger partial charge in [0, 0.05) is 12.7 Å². The molecule has 64 valence electrons. The van der Waals surface area contributed by atoms with E-state index in [1.807, 2.05) is 25.1 Å². The van der Waals surface area contributed by atoms with Gasteiger partial charge in [-0.3, -0.25) is 9.78 Å². The van der Waals surface area contributed by atoms with Crippen molar-refractivity contribution in [1.29, 1.82) is 0 Å². The summed E-state index contributed by atoms with van der Waals surface area (Å²) < 4.78 is 0. The number of nitrogens with zero attached hydrogens (tertiary/aromatic N) is 2. The first kappa shape index (κ1) is 8.71. The van der Waals surface area contributed by atoms with Crippen LogP contribution in [-0.4, -0.2) is 22.8 Å². The molecule has 0 saturated heterocycles. The average molecular weight is 164 g/mol. The Labute approximate surface area is 72.0 Å². The number of rotatable bonds is 4. The zero-order chi connectivity index (χ0) is 8.81. The highest BCUT2D eigenvalue weighted by molar-refractivity contribution is 5.46. The number of amides is 1. The molecule has 0 N–H and O–H groups in total. The van der Waals surface area contributed by atoms with Crippen LogP contribution in [0, 0.1) is 0 Å². The highest BCUT2D eigenvalue weighted by Gasteiger charge is 1.99. The first-order chi connectivity index (χ1) is 5.86. The van der Waals surface area contributed by atoms with Crippen molar-refractivity contribution in [3.05, 3.63) is 30.1 Å². The summed E-state index contributed by atoms with van der Waals surface area (Å²) in [4.78, 5) is 16.2. The highest BCUT2D eigenvalue weighted by Crippen LogP contribution is 1.97. The van der Waals surface area contributed by atoms with Gasteiger partial charge in [-0.05, 0) is 19.1 Å². The van der Waals surface area contributed by atoms with Gasteiger partial charge in [-0.1, -0.05) is 6.07 Å². The molecule has 0 saturated carbocycles. The molecule has 1 rings (SSSR count). The van der Waals surface area contributed by atoms with Gasteiger partial charge in [0.2, 0.25) is 6.41 Å². The fraction of sp³-hybridized carbons (Fsp3) is 0.333. The Hall–Kier alpha value is -1.38. The summed E-state index contributed by atoms with van der Waals surface area (Å²) >= 11 is 0. The standard InChI is InChI=1S/C9H12N2O/c1-2-11(8-12)7-9-5-3-4-6-10-9/h3-6,8H,2,7H2,1H3. The van der Waals surface area contributed by atoms with E-state index >= 15 is 0 Å². The van der Waals surface area contributed by atoms with Crippen molar-refractivity contribution in [1.82, 2.24) is 9.88 Å². The molecule has 0 atom stereocenters. The molecule has 3 heteroatoms. The van der Waals surface area contributed by atoms with Gasteiger partial charge in [0.25, 0.3) is 0 Å². The van der Waals surface area contributed by atoms with E-state index in [-0.39, 0.29) is 0 Å². The lowest BCUT2D eigenvalue weighted by Gasteiger charge is -2.13. The first-order valence-electron chi connectivity index (χ1n) is 3.96. The van der Waals surface area contributed by atoms with Crippen LogP contribution in [0.1, 0.15) is 12.6 Å². The Morgan fingerprint density at radius 2 is 2.42 bits per heavy atom. The van der Waals surface area contributed by atoms with Crippen LogP contribution >= 0.6 is 0 Å². The van der Waals surface area contributed by atoms with Gasteiger partial charge in [-0.25, -0.2) is 0 Å². The maximum absolute atomic E-state index is 10.4. The van der Waals surface area contributed by atoms with Gasteiger partial charge in [0.15, 0.2) is 0 Å². The summed E-state index contributed by atoms with van der Waals surface area (Å²) in [7, 11) is 0. The number of carbonyl (C=O) groups is 1. The lowest BCUT2D eigenvalue weighted by atomic mass is 10.3. The Balaban J connectivity index is 2.56. The molecule has 0 spiro atoms. The molecule has 0 unspecified atom stereocenters. The fourth-order valence-electron chi connectivity index (χ4n) is 0.923. The van der Waals surface area contributed by atoms with Crippen molar-refractivity contribution in [3.63, 3.8) is 0 Å². The van der Waals surface area contributed by atoms with Crippen molar-refractivity contribution in [2.24, 2.45) is 0 Å². The summed E-state index contributed by atoms with van der Waals surface area (Å²) in [6, 6.07) is 5.69. The quantitative estimate of drug-likeness (QED) is 0.623.